The normalized spacial score (nSPS) is 34.1. The summed E-state index contributed by atoms with van der Waals surface area (Å²) in [6.07, 6.45) is 6.53. The number of aliphatic hydroxyl groups is 1. The molecule has 0 aromatic carbocycles. The lowest BCUT2D eigenvalue weighted by Gasteiger charge is -2.50. The first kappa shape index (κ1) is 29.7. The molecule has 3 heteroatoms. The van der Waals surface area contributed by atoms with Crippen molar-refractivity contribution >= 4 is 5.97 Å². The lowest BCUT2D eigenvalue weighted by molar-refractivity contribution is -0.173. The van der Waals surface area contributed by atoms with Gasteiger partial charge in [0.25, 0.3) is 0 Å². The van der Waals surface area contributed by atoms with Crippen LogP contribution in [-0.2, 0) is 9.53 Å². The van der Waals surface area contributed by atoms with E-state index in [1.807, 2.05) is 0 Å². The Hall–Kier alpha value is -0.570. The molecule has 0 saturated heterocycles. The Morgan fingerprint density at radius 1 is 0.735 bits per heavy atom. The second-order valence-electron chi connectivity index (χ2n) is 15.4. The number of esters is 1. The van der Waals surface area contributed by atoms with Crippen molar-refractivity contribution in [3.63, 3.8) is 0 Å². The molecule has 1 N–H and O–H groups in total. The molecule has 2 aliphatic rings. The Morgan fingerprint density at radius 2 is 1.21 bits per heavy atom. The first-order valence-electron chi connectivity index (χ1n) is 14.2. The fourth-order valence-electron chi connectivity index (χ4n) is 6.88. The Kier molecular flexibility index (Phi) is 9.10. The maximum absolute atomic E-state index is 13.8. The first-order chi connectivity index (χ1) is 15.3. The average Bonchev–Trinajstić information content (AvgIpc) is 2.72. The van der Waals surface area contributed by atoms with E-state index in [1.165, 1.54) is 6.42 Å². The number of hydrogen-bond donors (Lipinski definition) is 1. The van der Waals surface area contributed by atoms with Crippen LogP contribution < -0.4 is 0 Å². The summed E-state index contributed by atoms with van der Waals surface area (Å²) in [4.78, 5) is 13.8. The fraction of sp³-hybridized carbons (Fsp3) is 0.968. The van der Waals surface area contributed by atoms with Gasteiger partial charge < -0.3 is 9.84 Å². The van der Waals surface area contributed by atoms with Crippen molar-refractivity contribution in [2.24, 2.45) is 51.2 Å². The smallest absolute Gasteiger partial charge is 0.309 e. The number of carbonyl (C=O) groups excluding carboxylic acids is 1. The molecule has 200 valence electrons. The molecule has 0 aliphatic heterocycles. The van der Waals surface area contributed by atoms with Gasteiger partial charge in [-0.15, -0.1) is 0 Å². The Balaban J connectivity index is 2.26. The van der Waals surface area contributed by atoms with Crippen molar-refractivity contribution in [1.29, 1.82) is 0 Å². The van der Waals surface area contributed by atoms with Gasteiger partial charge in [0.15, 0.2) is 0 Å². The lowest BCUT2D eigenvalue weighted by Crippen LogP contribution is -2.50. The molecule has 3 nitrogen and oxygen atoms in total. The summed E-state index contributed by atoms with van der Waals surface area (Å²) in [5, 5.41) is 11.3. The van der Waals surface area contributed by atoms with E-state index in [0.717, 1.165) is 38.5 Å². The van der Waals surface area contributed by atoms with Gasteiger partial charge in [0, 0.05) is 0 Å². The van der Waals surface area contributed by atoms with Crippen molar-refractivity contribution < 1.29 is 14.6 Å². The van der Waals surface area contributed by atoms with Gasteiger partial charge in [-0.1, -0.05) is 95.9 Å². The van der Waals surface area contributed by atoms with E-state index in [4.69, 9.17) is 4.74 Å². The van der Waals surface area contributed by atoms with Crippen LogP contribution in [0.1, 0.15) is 128 Å². The van der Waals surface area contributed by atoms with E-state index < -0.39 is 0 Å². The molecular weight excluding hydrogens is 420 g/mol. The maximum Gasteiger partial charge on any atom is 0.309 e. The summed E-state index contributed by atoms with van der Waals surface area (Å²) in [5.74, 6) is 1.31. The lowest BCUT2D eigenvalue weighted by atomic mass is 9.57. The highest BCUT2D eigenvalue weighted by molar-refractivity contribution is 5.73. The molecule has 0 amide bonds. The maximum atomic E-state index is 13.8. The minimum absolute atomic E-state index is 0.00752. The van der Waals surface area contributed by atoms with Crippen LogP contribution in [0.2, 0.25) is 0 Å². The Labute approximate surface area is 212 Å². The molecule has 0 spiro atoms. The summed E-state index contributed by atoms with van der Waals surface area (Å²) in [6.45, 7) is 27.3. The largest absolute Gasteiger partial charge is 0.462 e. The molecule has 5 unspecified atom stereocenters. The third-order valence-electron chi connectivity index (χ3n) is 10.5. The molecule has 34 heavy (non-hydrogen) atoms. The van der Waals surface area contributed by atoms with E-state index in [9.17, 15) is 9.90 Å². The van der Waals surface area contributed by atoms with E-state index in [1.54, 1.807) is 0 Å². The second-order valence-corrected chi connectivity index (χ2v) is 15.4. The number of rotatable bonds is 6. The highest BCUT2D eigenvalue weighted by atomic mass is 16.5. The van der Waals surface area contributed by atoms with Crippen LogP contribution in [-0.4, -0.2) is 23.3 Å². The van der Waals surface area contributed by atoms with Crippen LogP contribution in [0.4, 0.5) is 0 Å². The summed E-state index contributed by atoms with van der Waals surface area (Å²) in [5.41, 5.74) is 0.391. The third-order valence-corrected chi connectivity index (χ3v) is 10.5. The molecular formula is C31H58O3. The molecule has 5 atom stereocenters. The van der Waals surface area contributed by atoms with Crippen LogP contribution in [0.3, 0.4) is 0 Å². The zero-order valence-electron chi connectivity index (χ0n) is 24.8. The van der Waals surface area contributed by atoms with E-state index in [-0.39, 0.29) is 52.2 Å². The molecule has 2 rings (SSSR count). The molecule has 2 aliphatic carbocycles. The predicted octanol–water partition coefficient (Wildman–Crippen LogP) is 8.28. The molecule has 0 aromatic rings. The molecule has 0 aromatic heterocycles. The van der Waals surface area contributed by atoms with Crippen molar-refractivity contribution in [2.75, 3.05) is 0 Å². The van der Waals surface area contributed by atoms with Crippen LogP contribution in [0.25, 0.3) is 0 Å². The van der Waals surface area contributed by atoms with Crippen LogP contribution in [0, 0.1) is 51.2 Å². The standard InChI is InChI=1S/C31H58O3/c1-13-30(9,10)20-15-16-22(23(17-20)31(11,12)14-2)27(33)34-21-18-24(28(3,4)5)26(32)25(19-21)29(6,7)8/h20-26,32H,13-19H2,1-12H3. The predicted molar refractivity (Wildman–Crippen MR) is 143 cm³/mol. The van der Waals surface area contributed by atoms with E-state index in [2.05, 4.69) is 83.1 Å². The molecule has 2 fully saturated rings. The van der Waals surface area contributed by atoms with Gasteiger partial charge in [-0.25, -0.2) is 0 Å². The summed E-state index contributed by atoms with van der Waals surface area (Å²) >= 11 is 0. The van der Waals surface area contributed by atoms with Crippen molar-refractivity contribution in [1.82, 2.24) is 0 Å². The van der Waals surface area contributed by atoms with Crippen LogP contribution in [0.15, 0.2) is 0 Å². The van der Waals surface area contributed by atoms with E-state index in [0.29, 0.717) is 17.3 Å². The molecule has 0 bridgehead atoms. The minimum atomic E-state index is -0.353. The Bertz CT molecular complexity index is 654. The van der Waals surface area contributed by atoms with Gasteiger partial charge in [-0.3, -0.25) is 4.79 Å². The SMILES string of the molecule is CCC(C)(C)C1CCC(C(=O)OC2CC(C(C)(C)C)C(O)C(C(C)(C)C)C2)C(C(C)(C)CC)C1. The zero-order valence-corrected chi connectivity index (χ0v) is 24.8. The van der Waals surface area contributed by atoms with Gasteiger partial charge in [-0.2, -0.15) is 0 Å². The first-order valence-corrected chi connectivity index (χ1v) is 14.2. The van der Waals surface area contributed by atoms with Gasteiger partial charge in [0.2, 0.25) is 0 Å². The summed E-state index contributed by atoms with van der Waals surface area (Å²) in [7, 11) is 0. The van der Waals surface area contributed by atoms with Gasteiger partial charge >= 0.3 is 5.97 Å². The average molecular weight is 479 g/mol. The van der Waals surface area contributed by atoms with Crippen LogP contribution >= 0.6 is 0 Å². The number of hydrogen-bond acceptors (Lipinski definition) is 3. The van der Waals surface area contributed by atoms with Gasteiger partial charge in [0.05, 0.1) is 12.0 Å². The summed E-state index contributed by atoms with van der Waals surface area (Å²) in [6, 6.07) is 0. The van der Waals surface area contributed by atoms with Crippen molar-refractivity contribution in [3.8, 4) is 0 Å². The monoisotopic (exact) mass is 478 g/mol. The quantitative estimate of drug-likeness (QED) is 0.391. The third kappa shape index (κ3) is 6.60. The number of ether oxygens (including phenoxy) is 1. The highest BCUT2D eigenvalue weighted by Gasteiger charge is 2.49. The van der Waals surface area contributed by atoms with Gasteiger partial charge in [0.1, 0.15) is 6.10 Å². The van der Waals surface area contributed by atoms with Crippen molar-refractivity contribution in [2.45, 2.75) is 140 Å². The van der Waals surface area contributed by atoms with Crippen LogP contribution in [0.5, 0.6) is 0 Å². The fourth-order valence-corrected chi connectivity index (χ4v) is 6.88. The van der Waals surface area contributed by atoms with Crippen molar-refractivity contribution in [3.05, 3.63) is 0 Å². The zero-order chi connectivity index (χ0) is 26.3. The topological polar surface area (TPSA) is 46.5 Å². The van der Waals surface area contributed by atoms with Gasteiger partial charge in [-0.05, 0) is 77.4 Å². The van der Waals surface area contributed by atoms with E-state index >= 15 is 0 Å². The number of aliphatic hydroxyl groups excluding tert-OH is 1. The minimum Gasteiger partial charge on any atom is -0.462 e. The highest BCUT2D eigenvalue weighted by Crippen LogP contribution is 2.52. The molecule has 0 heterocycles. The second kappa shape index (κ2) is 10.4. The molecule has 2 saturated carbocycles. The number of carbonyl (C=O) groups is 1. The molecule has 0 radical (unpaired) electrons. The summed E-state index contributed by atoms with van der Waals surface area (Å²) < 4.78 is 6.40. The Morgan fingerprint density at radius 3 is 1.62 bits per heavy atom.